The molecule has 0 bridgehead atoms. The molecule has 1 aromatic rings. The summed E-state index contributed by atoms with van der Waals surface area (Å²) in [6, 6.07) is 1.69. The van der Waals surface area contributed by atoms with Crippen LogP contribution >= 0.6 is 11.3 Å². The Balaban J connectivity index is 1.68. The molecule has 0 aliphatic carbocycles. The summed E-state index contributed by atoms with van der Waals surface area (Å²) in [4.78, 5) is 17.5. The molecule has 120 valence electrons. The number of hydrogen-bond donors (Lipinski definition) is 4. The summed E-state index contributed by atoms with van der Waals surface area (Å²) in [6.45, 7) is 4.00. The molecule has 1 fully saturated rings. The molecule has 4 heterocycles. The molecule has 1 unspecified atom stereocenters. The first-order valence-corrected chi connectivity index (χ1v) is 10.0. The van der Waals surface area contributed by atoms with Crippen molar-refractivity contribution in [3.63, 3.8) is 0 Å². The second-order valence-corrected chi connectivity index (χ2v) is 9.35. The Morgan fingerprint density at radius 1 is 1.57 bits per heavy atom. The van der Waals surface area contributed by atoms with Gasteiger partial charge in [0.1, 0.15) is 0 Å². The minimum atomic E-state index is -0.886. The standard InChI is InChI=1S/C15H16N4O2SSe/c1-7-9(4-10(22-7)15(20)21)19-14-13-12(17-6-18-14)8-2-3-16-5-11(8)23-13/h4,6,11,16,19H,2-3,5H2,1H3,(H,17,18)(H,20,21). The van der Waals surface area contributed by atoms with Crippen LogP contribution < -0.4 is 16.0 Å². The third kappa shape index (κ3) is 2.61. The maximum absolute atomic E-state index is 11.1. The number of anilines is 1. The molecule has 0 amide bonds. The summed E-state index contributed by atoms with van der Waals surface area (Å²) in [5, 5.41) is 19.3. The van der Waals surface area contributed by atoms with Gasteiger partial charge in [-0.3, -0.25) is 0 Å². The van der Waals surface area contributed by atoms with Gasteiger partial charge in [-0.1, -0.05) is 0 Å². The predicted molar refractivity (Wildman–Crippen MR) is 92.3 cm³/mol. The number of aromatic carboxylic acids is 1. The van der Waals surface area contributed by atoms with Crippen LogP contribution in [0.3, 0.4) is 0 Å². The van der Waals surface area contributed by atoms with Crippen molar-refractivity contribution in [3.8, 4) is 0 Å². The van der Waals surface area contributed by atoms with E-state index < -0.39 is 5.97 Å². The molecule has 23 heavy (non-hydrogen) atoms. The van der Waals surface area contributed by atoms with E-state index >= 15 is 0 Å². The summed E-state index contributed by atoms with van der Waals surface area (Å²) < 4.78 is 1.27. The van der Waals surface area contributed by atoms with Crippen LogP contribution in [-0.2, 0) is 0 Å². The molecule has 0 spiro atoms. The van der Waals surface area contributed by atoms with Gasteiger partial charge in [-0.25, -0.2) is 0 Å². The fraction of sp³-hybridized carbons (Fsp3) is 0.333. The number of fused-ring (bicyclic) bond motifs is 2. The monoisotopic (exact) mass is 396 g/mol. The number of hydrogen-bond acceptors (Lipinski definition) is 6. The van der Waals surface area contributed by atoms with Crippen molar-refractivity contribution < 1.29 is 9.90 Å². The Bertz CT molecular complexity index is 780. The van der Waals surface area contributed by atoms with Crippen LogP contribution in [0.15, 0.2) is 32.6 Å². The third-order valence-electron chi connectivity index (χ3n) is 4.10. The van der Waals surface area contributed by atoms with Crippen LogP contribution in [0.2, 0.25) is 4.82 Å². The Kier molecular flexibility index (Phi) is 3.77. The number of piperidine rings is 1. The maximum atomic E-state index is 11.1. The topological polar surface area (TPSA) is 85.8 Å². The molecule has 3 aliphatic heterocycles. The molecule has 6 nitrogen and oxygen atoms in total. The zero-order valence-electron chi connectivity index (χ0n) is 12.5. The van der Waals surface area contributed by atoms with Crippen LogP contribution in [0.5, 0.6) is 0 Å². The van der Waals surface area contributed by atoms with Gasteiger partial charge < -0.3 is 0 Å². The summed E-state index contributed by atoms with van der Waals surface area (Å²) in [7, 11) is 0. The summed E-state index contributed by atoms with van der Waals surface area (Å²) in [5.41, 5.74) is 3.58. The van der Waals surface area contributed by atoms with Gasteiger partial charge in [0, 0.05) is 0 Å². The van der Waals surface area contributed by atoms with Crippen molar-refractivity contribution in [2.24, 2.45) is 4.99 Å². The van der Waals surface area contributed by atoms with E-state index in [1.54, 1.807) is 12.4 Å². The van der Waals surface area contributed by atoms with Gasteiger partial charge >= 0.3 is 144 Å². The number of carbonyl (C=O) groups is 1. The first-order chi connectivity index (χ1) is 11.1. The van der Waals surface area contributed by atoms with Gasteiger partial charge in [0.05, 0.1) is 0 Å². The molecule has 1 atom stereocenters. The van der Waals surface area contributed by atoms with Gasteiger partial charge in [0.2, 0.25) is 0 Å². The zero-order valence-corrected chi connectivity index (χ0v) is 15.0. The van der Waals surface area contributed by atoms with Crippen molar-refractivity contribution in [1.29, 1.82) is 0 Å². The average Bonchev–Trinajstić information content (AvgIpc) is 3.09. The average molecular weight is 395 g/mol. The van der Waals surface area contributed by atoms with E-state index in [0.717, 1.165) is 35.9 Å². The van der Waals surface area contributed by atoms with Crippen molar-refractivity contribution in [3.05, 3.63) is 37.4 Å². The molecular formula is C15H16N4O2SSe. The number of aryl methyl sites for hydroxylation is 1. The van der Waals surface area contributed by atoms with E-state index in [-0.39, 0.29) is 0 Å². The number of aliphatic imine (C=N–C) groups is 1. The molecule has 0 saturated carbocycles. The Morgan fingerprint density at radius 2 is 2.43 bits per heavy atom. The fourth-order valence-electron chi connectivity index (χ4n) is 2.97. The first-order valence-electron chi connectivity index (χ1n) is 7.38. The van der Waals surface area contributed by atoms with Crippen molar-refractivity contribution in [1.82, 2.24) is 10.6 Å². The van der Waals surface area contributed by atoms with Crippen molar-refractivity contribution in [2.75, 3.05) is 18.4 Å². The summed E-state index contributed by atoms with van der Waals surface area (Å²) in [5.74, 6) is -0.0268. The molecule has 8 heteroatoms. The molecule has 4 N–H and O–H groups in total. The van der Waals surface area contributed by atoms with Crippen LogP contribution in [0, 0.1) is 6.92 Å². The van der Waals surface area contributed by atoms with Crippen molar-refractivity contribution >= 4 is 44.3 Å². The number of rotatable bonds is 3. The molecule has 1 aromatic heterocycles. The number of nitrogens with zero attached hydrogens (tertiary/aromatic N) is 1. The predicted octanol–water partition coefficient (Wildman–Crippen LogP) is 1.72. The molecule has 1 saturated heterocycles. The van der Waals surface area contributed by atoms with Gasteiger partial charge in [0.15, 0.2) is 0 Å². The van der Waals surface area contributed by atoms with Crippen molar-refractivity contribution in [2.45, 2.75) is 18.2 Å². The van der Waals surface area contributed by atoms with E-state index in [1.165, 1.54) is 27.1 Å². The molecule has 0 radical (unpaired) electrons. The number of carboxylic acid groups (broad SMARTS) is 1. The second-order valence-electron chi connectivity index (χ2n) is 5.55. The molecule has 3 aliphatic rings. The van der Waals surface area contributed by atoms with Crippen LogP contribution in [-0.4, -0.2) is 45.5 Å². The Morgan fingerprint density at radius 3 is 3.22 bits per heavy atom. The second kappa shape index (κ2) is 5.79. The van der Waals surface area contributed by atoms with Gasteiger partial charge in [-0.2, -0.15) is 0 Å². The molecular weight excluding hydrogens is 379 g/mol. The van der Waals surface area contributed by atoms with Gasteiger partial charge in [-0.15, -0.1) is 0 Å². The fourth-order valence-corrected chi connectivity index (χ4v) is 6.69. The zero-order chi connectivity index (χ0) is 16.0. The minimum absolute atomic E-state index is 0.338. The van der Waals surface area contributed by atoms with E-state index in [1.807, 2.05) is 6.92 Å². The van der Waals surface area contributed by atoms with Crippen LogP contribution in [0.1, 0.15) is 21.0 Å². The summed E-state index contributed by atoms with van der Waals surface area (Å²) in [6.07, 6.45) is 2.81. The van der Waals surface area contributed by atoms with Gasteiger partial charge in [-0.05, 0) is 0 Å². The number of allylic oxidation sites excluding steroid dienone is 1. The van der Waals surface area contributed by atoms with Gasteiger partial charge in [0.25, 0.3) is 0 Å². The SMILES string of the molecule is Cc1sc(C(=O)O)cc1NC1=C2[Se]C3CNCCC3=C2NC=N1. The van der Waals surface area contributed by atoms with E-state index in [9.17, 15) is 4.79 Å². The normalized spacial score (nSPS) is 22.7. The van der Waals surface area contributed by atoms with Crippen LogP contribution in [0.25, 0.3) is 0 Å². The molecule has 4 rings (SSSR count). The molecule has 0 aromatic carbocycles. The quantitative estimate of drug-likeness (QED) is 0.586. The Hall–Kier alpha value is -1.60. The first kappa shape index (κ1) is 15.0. The number of carboxylic acids is 1. The van der Waals surface area contributed by atoms with E-state index in [2.05, 4.69) is 20.9 Å². The Labute approximate surface area is 143 Å². The van der Waals surface area contributed by atoms with E-state index in [0.29, 0.717) is 24.7 Å². The van der Waals surface area contributed by atoms with E-state index in [4.69, 9.17) is 5.11 Å². The third-order valence-corrected chi connectivity index (χ3v) is 8.01. The van der Waals surface area contributed by atoms with Crippen LogP contribution in [0.4, 0.5) is 5.69 Å². The number of nitrogens with one attached hydrogen (secondary N) is 3. The summed E-state index contributed by atoms with van der Waals surface area (Å²) >= 11 is 1.63. The number of thiophene rings is 1.